The molecule has 0 saturated carbocycles. The summed E-state index contributed by atoms with van der Waals surface area (Å²) < 4.78 is 0. The van der Waals surface area contributed by atoms with Gasteiger partial charge in [-0.3, -0.25) is 4.90 Å². The van der Waals surface area contributed by atoms with Gasteiger partial charge in [-0.25, -0.2) is 0 Å². The van der Waals surface area contributed by atoms with Crippen LogP contribution in [-0.4, -0.2) is 34.7 Å². The molecule has 1 rings (SSSR count). The molecule has 1 saturated heterocycles. The fourth-order valence-electron chi connectivity index (χ4n) is 1.66. The minimum atomic E-state index is -0.127. The maximum absolute atomic E-state index is 9.67. The quantitative estimate of drug-likeness (QED) is 0.651. The summed E-state index contributed by atoms with van der Waals surface area (Å²) in [6.45, 7) is 14.7. The molecular weight excluding hydrogens is 174 g/mol. The fraction of sp³-hybridized carbons (Fsp3) is 1.00. The first-order chi connectivity index (χ1) is 6.41. The molecule has 0 aliphatic carbocycles. The van der Waals surface area contributed by atoms with E-state index in [9.17, 15) is 5.11 Å². The number of piperidine rings is 1. The molecule has 0 spiro atoms. The smallest absolute Gasteiger partial charge is 0.0693 e. The number of β-amino-alcohol motifs (C(OH)–C–C–N with tert-alkyl or cyclic N) is 1. The van der Waals surface area contributed by atoms with Gasteiger partial charge < -0.3 is 5.11 Å². The molecule has 2 nitrogen and oxygen atoms in total. The van der Waals surface area contributed by atoms with Crippen molar-refractivity contribution in [1.29, 1.82) is 0 Å². The summed E-state index contributed by atoms with van der Waals surface area (Å²) in [5.41, 5.74) is 0.209. The van der Waals surface area contributed by atoms with Crippen molar-refractivity contribution in [2.24, 2.45) is 5.92 Å². The third-order valence-corrected chi connectivity index (χ3v) is 2.87. The predicted octanol–water partition coefficient (Wildman–Crippen LogP) is 2.51. The summed E-state index contributed by atoms with van der Waals surface area (Å²) in [6.07, 6.45) is 0.997. The van der Waals surface area contributed by atoms with Crippen molar-refractivity contribution in [2.45, 2.75) is 59.6 Å². The van der Waals surface area contributed by atoms with Gasteiger partial charge in [-0.2, -0.15) is 0 Å². The lowest BCUT2D eigenvalue weighted by Crippen LogP contribution is -2.51. The molecule has 0 bridgehead atoms. The Balaban J connectivity index is 0.000000791. The SMILES string of the molecule is CC.C[C@H]1CCN(C(C)(C)C)C[C@@H]1O. The average Bonchev–Trinajstić information content (AvgIpc) is 2.11. The maximum Gasteiger partial charge on any atom is 0.0693 e. The molecule has 0 amide bonds. The Morgan fingerprint density at radius 1 is 1.21 bits per heavy atom. The van der Waals surface area contributed by atoms with Crippen LogP contribution in [0.15, 0.2) is 0 Å². The van der Waals surface area contributed by atoms with Crippen molar-refractivity contribution in [2.75, 3.05) is 13.1 Å². The van der Waals surface area contributed by atoms with Crippen LogP contribution < -0.4 is 0 Å². The molecule has 1 aliphatic rings. The summed E-state index contributed by atoms with van der Waals surface area (Å²) >= 11 is 0. The molecule has 14 heavy (non-hydrogen) atoms. The zero-order chi connectivity index (χ0) is 11.4. The minimum Gasteiger partial charge on any atom is -0.392 e. The van der Waals surface area contributed by atoms with E-state index in [-0.39, 0.29) is 11.6 Å². The Morgan fingerprint density at radius 3 is 2.07 bits per heavy atom. The lowest BCUT2D eigenvalue weighted by atomic mass is 9.92. The largest absolute Gasteiger partial charge is 0.392 e. The molecule has 1 aliphatic heterocycles. The first-order valence-corrected chi connectivity index (χ1v) is 5.84. The highest BCUT2D eigenvalue weighted by Gasteiger charge is 2.30. The second kappa shape index (κ2) is 5.72. The van der Waals surface area contributed by atoms with Gasteiger partial charge >= 0.3 is 0 Å². The standard InChI is InChI=1S/C10H21NO.C2H6/c1-8-5-6-11(7-9(8)12)10(2,3)4;1-2/h8-9,12H,5-7H2,1-4H3;1-2H3/t8-,9-;/m0./s1. The minimum absolute atomic E-state index is 0.127. The molecular formula is C12H27NO. The first-order valence-electron chi connectivity index (χ1n) is 5.84. The van der Waals surface area contributed by atoms with E-state index in [1.807, 2.05) is 13.8 Å². The van der Waals surface area contributed by atoms with E-state index in [1.165, 1.54) is 0 Å². The molecule has 1 fully saturated rings. The summed E-state index contributed by atoms with van der Waals surface area (Å²) in [5.74, 6) is 0.476. The fourth-order valence-corrected chi connectivity index (χ4v) is 1.66. The highest BCUT2D eigenvalue weighted by molar-refractivity contribution is 4.84. The Morgan fingerprint density at radius 2 is 1.71 bits per heavy atom. The Bertz CT molecular complexity index is 151. The van der Waals surface area contributed by atoms with Crippen LogP contribution in [0.25, 0.3) is 0 Å². The van der Waals surface area contributed by atoms with Crippen LogP contribution in [0.1, 0.15) is 48.0 Å². The molecule has 2 atom stereocenters. The summed E-state index contributed by atoms with van der Waals surface area (Å²) in [4.78, 5) is 2.36. The van der Waals surface area contributed by atoms with Crippen molar-refractivity contribution in [3.05, 3.63) is 0 Å². The lowest BCUT2D eigenvalue weighted by molar-refractivity contribution is -0.00914. The first kappa shape index (κ1) is 13.9. The lowest BCUT2D eigenvalue weighted by Gasteiger charge is -2.42. The maximum atomic E-state index is 9.67. The molecule has 0 aromatic carbocycles. The molecule has 1 N–H and O–H groups in total. The van der Waals surface area contributed by atoms with E-state index in [0.717, 1.165) is 19.5 Å². The van der Waals surface area contributed by atoms with Gasteiger partial charge in [0.1, 0.15) is 0 Å². The molecule has 0 aromatic rings. The van der Waals surface area contributed by atoms with Gasteiger partial charge in [-0.05, 0) is 39.7 Å². The summed E-state index contributed by atoms with van der Waals surface area (Å²) in [5, 5.41) is 9.67. The second-order valence-electron chi connectivity index (χ2n) is 4.95. The van der Waals surface area contributed by atoms with Crippen molar-refractivity contribution in [3.63, 3.8) is 0 Å². The van der Waals surface area contributed by atoms with Crippen LogP contribution in [-0.2, 0) is 0 Å². The topological polar surface area (TPSA) is 23.5 Å². The van der Waals surface area contributed by atoms with Gasteiger partial charge in [-0.1, -0.05) is 20.8 Å². The van der Waals surface area contributed by atoms with E-state index in [1.54, 1.807) is 0 Å². The van der Waals surface area contributed by atoms with Crippen molar-refractivity contribution >= 4 is 0 Å². The van der Waals surface area contributed by atoms with Gasteiger partial charge in [0.05, 0.1) is 6.10 Å². The van der Waals surface area contributed by atoms with Gasteiger partial charge in [0.25, 0.3) is 0 Å². The Hall–Kier alpha value is -0.0800. The highest BCUT2D eigenvalue weighted by Crippen LogP contribution is 2.23. The van der Waals surface area contributed by atoms with E-state index >= 15 is 0 Å². The molecule has 0 aromatic heterocycles. The molecule has 86 valence electrons. The van der Waals surface area contributed by atoms with E-state index in [4.69, 9.17) is 0 Å². The number of rotatable bonds is 0. The number of likely N-dealkylation sites (tertiary alicyclic amines) is 1. The van der Waals surface area contributed by atoms with Crippen molar-refractivity contribution in [1.82, 2.24) is 4.90 Å². The van der Waals surface area contributed by atoms with Crippen molar-refractivity contribution in [3.8, 4) is 0 Å². The van der Waals surface area contributed by atoms with Crippen LogP contribution >= 0.6 is 0 Å². The second-order valence-corrected chi connectivity index (χ2v) is 4.95. The monoisotopic (exact) mass is 201 g/mol. The van der Waals surface area contributed by atoms with Gasteiger partial charge in [0, 0.05) is 12.1 Å². The van der Waals surface area contributed by atoms with Crippen molar-refractivity contribution < 1.29 is 5.11 Å². The average molecular weight is 201 g/mol. The van der Waals surface area contributed by atoms with Crippen LogP contribution in [0.4, 0.5) is 0 Å². The normalized spacial score (nSPS) is 29.4. The summed E-state index contributed by atoms with van der Waals surface area (Å²) in [6, 6.07) is 0. The highest BCUT2D eigenvalue weighted by atomic mass is 16.3. The Labute approximate surface area is 89.3 Å². The zero-order valence-corrected chi connectivity index (χ0v) is 10.7. The van der Waals surface area contributed by atoms with Crippen LogP contribution in [0.5, 0.6) is 0 Å². The number of hydrogen-bond acceptors (Lipinski definition) is 2. The van der Waals surface area contributed by atoms with Crippen LogP contribution in [0.2, 0.25) is 0 Å². The number of hydrogen-bond donors (Lipinski definition) is 1. The zero-order valence-electron chi connectivity index (χ0n) is 10.7. The van der Waals surface area contributed by atoms with Crippen LogP contribution in [0.3, 0.4) is 0 Å². The van der Waals surface area contributed by atoms with E-state index in [0.29, 0.717) is 5.92 Å². The van der Waals surface area contributed by atoms with E-state index < -0.39 is 0 Å². The molecule has 0 radical (unpaired) electrons. The van der Waals surface area contributed by atoms with Crippen LogP contribution in [0, 0.1) is 5.92 Å². The van der Waals surface area contributed by atoms with Gasteiger partial charge in [0.15, 0.2) is 0 Å². The van der Waals surface area contributed by atoms with E-state index in [2.05, 4.69) is 32.6 Å². The molecule has 2 heteroatoms. The predicted molar refractivity (Wildman–Crippen MR) is 62.5 cm³/mol. The number of nitrogens with zero attached hydrogens (tertiary/aromatic N) is 1. The number of aliphatic hydroxyl groups excluding tert-OH is 1. The Kier molecular flexibility index (Phi) is 5.68. The third-order valence-electron chi connectivity index (χ3n) is 2.87. The molecule has 1 heterocycles. The third kappa shape index (κ3) is 3.97. The summed E-state index contributed by atoms with van der Waals surface area (Å²) in [7, 11) is 0. The molecule has 0 unspecified atom stereocenters. The van der Waals surface area contributed by atoms with Gasteiger partial charge in [-0.15, -0.1) is 0 Å². The van der Waals surface area contributed by atoms with Gasteiger partial charge in [0.2, 0.25) is 0 Å². The number of aliphatic hydroxyl groups is 1.